The quantitative estimate of drug-likeness (QED) is 0.898. The van der Waals surface area contributed by atoms with Gasteiger partial charge in [-0.3, -0.25) is 4.98 Å². The van der Waals surface area contributed by atoms with Crippen molar-refractivity contribution in [2.45, 2.75) is 45.2 Å². The predicted octanol–water partition coefficient (Wildman–Crippen LogP) is 2.99. The zero-order chi connectivity index (χ0) is 14.5. The highest BCUT2D eigenvalue weighted by molar-refractivity contribution is 5.09. The summed E-state index contributed by atoms with van der Waals surface area (Å²) in [5.74, 6) is 0.572. The van der Waals surface area contributed by atoms with Gasteiger partial charge in [-0.15, -0.1) is 0 Å². The second kappa shape index (κ2) is 7.14. The lowest BCUT2D eigenvalue weighted by atomic mass is 9.93. The lowest BCUT2D eigenvalue weighted by molar-refractivity contribution is 0.124. The van der Waals surface area contributed by atoms with Crippen LogP contribution in [0.15, 0.2) is 18.3 Å². The summed E-state index contributed by atoms with van der Waals surface area (Å²) in [5.41, 5.74) is 0.923. The summed E-state index contributed by atoms with van der Waals surface area (Å²) in [6, 6.07) is 4.12. The number of likely N-dealkylation sites (tertiary alicyclic amines) is 1. The number of pyridine rings is 1. The fourth-order valence-corrected chi connectivity index (χ4v) is 3.12. The normalized spacial score (nSPS) is 25.6. The van der Waals surface area contributed by atoms with Gasteiger partial charge in [-0.1, -0.05) is 6.92 Å². The third kappa shape index (κ3) is 4.00. The van der Waals surface area contributed by atoms with Crippen LogP contribution in [-0.2, 0) is 0 Å². The van der Waals surface area contributed by atoms with Crippen LogP contribution in [0.25, 0.3) is 0 Å². The number of halogens is 1. The maximum absolute atomic E-state index is 12.9. The van der Waals surface area contributed by atoms with Crippen LogP contribution in [0.1, 0.15) is 44.8 Å². The smallest absolute Gasteiger partial charge is 0.141 e. The van der Waals surface area contributed by atoms with Gasteiger partial charge in [-0.2, -0.15) is 0 Å². The number of piperidine rings is 1. The third-order valence-electron chi connectivity index (χ3n) is 4.44. The van der Waals surface area contributed by atoms with Crippen LogP contribution in [0, 0.1) is 11.7 Å². The van der Waals surface area contributed by atoms with E-state index in [1.807, 2.05) is 7.05 Å². The summed E-state index contributed by atoms with van der Waals surface area (Å²) in [7, 11) is 1.94. The van der Waals surface area contributed by atoms with Crippen LogP contribution in [-0.4, -0.2) is 36.1 Å². The van der Waals surface area contributed by atoms with Gasteiger partial charge in [0.05, 0.1) is 17.9 Å². The summed E-state index contributed by atoms with van der Waals surface area (Å²) in [6.07, 6.45) is 4.89. The van der Waals surface area contributed by atoms with Gasteiger partial charge in [0.2, 0.25) is 0 Å². The average molecular weight is 279 g/mol. The second-order valence-electron chi connectivity index (χ2n) is 6.05. The molecular formula is C16H26FN3. The van der Waals surface area contributed by atoms with Crippen molar-refractivity contribution in [2.75, 3.05) is 20.1 Å². The maximum atomic E-state index is 12.9. The van der Waals surface area contributed by atoms with E-state index >= 15 is 0 Å². The number of aromatic nitrogens is 1. The molecule has 0 radical (unpaired) electrons. The Kier molecular flexibility index (Phi) is 5.49. The van der Waals surface area contributed by atoms with Gasteiger partial charge in [0.25, 0.3) is 0 Å². The monoisotopic (exact) mass is 279 g/mol. The van der Waals surface area contributed by atoms with Crippen molar-refractivity contribution in [3.8, 4) is 0 Å². The zero-order valence-electron chi connectivity index (χ0n) is 12.8. The molecule has 0 amide bonds. The topological polar surface area (TPSA) is 28.2 Å². The highest BCUT2D eigenvalue weighted by Gasteiger charge is 2.23. The SMILES string of the molecule is CNC(CCN1CCC(C)CC1C)c1ccc(F)cn1. The van der Waals surface area contributed by atoms with Gasteiger partial charge in [-0.05, 0) is 57.8 Å². The molecule has 4 heteroatoms. The second-order valence-corrected chi connectivity index (χ2v) is 6.05. The number of hydrogen-bond acceptors (Lipinski definition) is 3. The van der Waals surface area contributed by atoms with E-state index in [0.29, 0.717) is 6.04 Å². The minimum absolute atomic E-state index is 0.196. The Labute approximate surface area is 121 Å². The van der Waals surface area contributed by atoms with Crippen LogP contribution in [0.4, 0.5) is 4.39 Å². The first-order chi connectivity index (χ1) is 9.60. The first-order valence-electron chi connectivity index (χ1n) is 7.63. The lowest BCUT2D eigenvalue weighted by Crippen LogP contribution is -2.41. The van der Waals surface area contributed by atoms with Crippen LogP contribution in [0.2, 0.25) is 0 Å². The third-order valence-corrected chi connectivity index (χ3v) is 4.44. The highest BCUT2D eigenvalue weighted by atomic mass is 19.1. The van der Waals surface area contributed by atoms with E-state index in [2.05, 4.69) is 29.0 Å². The Hall–Kier alpha value is -1.00. The van der Waals surface area contributed by atoms with E-state index in [0.717, 1.165) is 24.6 Å². The van der Waals surface area contributed by atoms with E-state index in [9.17, 15) is 4.39 Å². The van der Waals surface area contributed by atoms with Crippen LogP contribution < -0.4 is 5.32 Å². The van der Waals surface area contributed by atoms with Gasteiger partial charge in [-0.25, -0.2) is 4.39 Å². The summed E-state index contributed by atoms with van der Waals surface area (Å²) in [4.78, 5) is 6.75. The van der Waals surface area contributed by atoms with E-state index < -0.39 is 0 Å². The van der Waals surface area contributed by atoms with Crippen LogP contribution >= 0.6 is 0 Å². The molecule has 0 bridgehead atoms. The Morgan fingerprint density at radius 2 is 2.25 bits per heavy atom. The van der Waals surface area contributed by atoms with Crippen LogP contribution in [0.5, 0.6) is 0 Å². The number of nitrogens with zero attached hydrogens (tertiary/aromatic N) is 2. The molecule has 1 N–H and O–H groups in total. The highest BCUT2D eigenvalue weighted by Crippen LogP contribution is 2.23. The molecule has 3 unspecified atom stereocenters. The van der Waals surface area contributed by atoms with E-state index in [1.165, 1.54) is 31.6 Å². The van der Waals surface area contributed by atoms with E-state index in [4.69, 9.17) is 0 Å². The lowest BCUT2D eigenvalue weighted by Gasteiger charge is -2.37. The molecule has 0 spiro atoms. The summed E-state index contributed by atoms with van der Waals surface area (Å²) in [6.45, 7) is 6.92. The van der Waals surface area contributed by atoms with E-state index in [1.54, 1.807) is 6.07 Å². The van der Waals surface area contributed by atoms with Crippen molar-refractivity contribution in [1.82, 2.24) is 15.2 Å². The largest absolute Gasteiger partial charge is 0.312 e. The molecule has 1 aliphatic rings. The molecule has 1 aromatic rings. The molecule has 3 atom stereocenters. The molecule has 0 aromatic carbocycles. The summed E-state index contributed by atoms with van der Waals surface area (Å²) >= 11 is 0. The molecular weight excluding hydrogens is 253 g/mol. The molecule has 3 nitrogen and oxygen atoms in total. The summed E-state index contributed by atoms with van der Waals surface area (Å²) in [5, 5.41) is 3.29. The number of hydrogen-bond donors (Lipinski definition) is 1. The van der Waals surface area contributed by atoms with Crippen molar-refractivity contribution in [2.24, 2.45) is 5.92 Å². The molecule has 0 aliphatic carbocycles. The predicted molar refractivity (Wildman–Crippen MR) is 80.0 cm³/mol. The number of nitrogens with one attached hydrogen (secondary N) is 1. The Morgan fingerprint density at radius 3 is 2.85 bits per heavy atom. The van der Waals surface area contributed by atoms with Gasteiger partial charge in [0.15, 0.2) is 0 Å². The average Bonchev–Trinajstić information content (AvgIpc) is 2.43. The molecule has 20 heavy (non-hydrogen) atoms. The van der Waals surface area contributed by atoms with Crippen molar-refractivity contribution in [3.63, 3.8) is 0 Å². The number of rotatable bonds is 5. The zero-order valence-corrected chi connectivity index (χ0v) is 12.8. The minimum Gasteiger partial charge on any atom is -0.312 e. The molecule has 112 valence electrons. The van der Waals surface area contributed by atoms with Crippen LogP contribution in [0.3, 0.4) is 0 Å². The fraction of sp³-hybridized carbons (Fsp3) is 0.688. The Bertz CT molecular complexity index is 407. The summed E-state index contributed by atoms with van der Waals surface area (Å²) < 4.78 is 12.9. The molecule has 0 saturated carbocycles. The van der Waals surface area contributed by atoms with Crippen molar-refractivity contribution in [3.05, 3.63) is 29.8 Å². The Morgan fingerprint density at radius 1 is 1.45 bits per heavy atom. The van der Waals surface area contributed by atoms with Gasteiger partial charge < -0.3 is 10.2 Å². The Balaban J connectivity index is 1.89. The fourth-order valence-electron chi connectivity index (χ4n) is 3.12. The molecule has 2 heterocycles. The van der Waals surface area contributed by atoms with Crippen molar-refractivity contribution in [1.29, 1.82) is 0 Å². The molecule has 2 rings (SSSR count). The maximum Gasteiger partial charge on any atom is 0.141 e. The van der Waals surface area contributed by atoms with Gasteiger partial charge in [0, 0.05) is 12.6 Å². The van der Waals surface area contributed by atoms with Gasteiger partial charge >= 0.3 is 0 Å². The first kappa shape index (κ1) is 15.4. The van der Waals surface area contributed by atoms with E-state index in [-0.39, 0.29) is 11.9 Å². The standard InChI is InChI=1S/C16H26FN3/c1-12-6-8-20(13(2)10-12)9-7-15(18-3)16-5-4-14(17)11-19-16/h4-5,11-13,15,18H,6-10H2,1-3H3. The molecule has 1 saturated heterocycles. The van der Waals surface area contributed by atoms with Crippen molar-refractivity contribution < 1.29 is 4.39 Å². The molecule has 1 fully saturated rings. The minimum atomic E-state index is -0.276. The molecule has 1 aromatic heterocycles. The first-order valence-corrected chi connectivity index (χ1v) is 7.63. The van der Waals surface area contributed by atoms with Crippen molar-refractivity contribution >= 4 is 0 Å². The molecule has 1 aliphatic heterocycles. The van der Waals surface area contributed by atoms with Gasteiger partial charge in [0.1, 0.15) is 5.82 Å².